The van der Waals surface area contributed by atoms with Crippen LogP contribution in [0.25, 0.3) is 11.3 Å². The number of aromatic nitrogens is 2. The van der Waals surface area contributed by atoms with Crippen LogP contribution < -0.4 is 5.32 Å². The van der Waals surface area contributed by atoms with Gasteiger partial charge in [0.1, 0.15) is 5.75 Å². The number of hydrogen-bond donors (Lipinski definition) is 2. The molecule has 2 N–H and O–H groups in total. The molecule has 2 aromatic heterocycles. The Morgan fingerprint density at radius 2 is 2.04 bits per heavy atom. The molecule has 0 saturated heterocycles. The Balaban J connectivity index is 1.67. The van der Waals surface area contributed by atoms with Gasteiger partial charge in [-0.25, -0.2) is 0 Å². The predicted molar refractivity (Wildman–Crippen MR) is 108 cm³/mol. The highest BCUT2D eigenvalue weighted by Crippen LogP contribution is 2.39. The van der Waals surface area contributed by atoms with Crippen molar-refractivity contribution in [1.82, 2.24) is 9.78 Å². The summed E-state index contributed by atoms with van der Waals surface area (Å²) in [5.41, 5.74) is 3.14. The minimum Gasteiger partial charge on any atom is -0.507 e. The van der Waals surface area contributed by atoms with E-state index in [2.05, 4.69) is 29.9 Å². The van der Waals surface area contributed by atoms with Crippen LogP contribution in [0.4, 0.5) is 5.69 Å². The molecular formula is C22H25N3O3. The van der Waals surface area contributed by atoms with E-state index >= 15 is 0 Å². The summed E-state index contributed by atoms with van der Waals surface area (Å²) in [5, 5.41) is 18.0. The van der Waals surface area contributed by atoms with Crippen LogP contribution >= 0.6 is 0 Å². The molecule has 1 aromatic carbocycles. The normalized spacial score (nSPS) is 14.7. The Morgan fingerprint density at radius 3 is 2.71 bits per heavy atom. The zero-order valence-electron chi connectivity index (χ0n) is 16.2. The topological polar surface area (TPSA) is 80.3 Å². The SMILES string of the molecule is CC(C)n1nc(-c2cc(NC(=O)c3ccco3)ccc2O)cc1C1CCCC1. The number of benzene rings is 1. The lowest BCUT2D eigenvalue weighted by atomic mass is 10.0. The van der Waals surface area contributed by atoms with Crippen LogP contribution in [0.15, 0.2) is 47.1 Å². The summed E-state index contributed by atoms with van der Waals surface area (Å²) >= 11 is 0. The molecule has 1 aliphatic carbocycles. The van der Waals surface area contributed by atoms with E-state index in [0.717, 1.165) is 5.69 Å². The van der Waals surface area contributed by atoms with Gasteiger partial charge in [0.25, 0.3) is 5.91 Å². The van der Waals surface area contributed by atoms with Crippen molar-refractivity contribution in [3.63, 3.8) is 0 Å². The van der Waals surface area contributed by atoms with Crippen molar-refractivity contribution in [3.05, 3.63) is 54.1 Å². The number of nitrogens with zero attached hydrogens (tertiary/aromatic N) is 2. The van der Waals surface area contributed by atoms with Gasteiger partial charge >= 0.3 is 0 Å². The van der Waals surface area contributed by atoms with E-state index in [-0.39, 0.29) is 23.5 Å². The van der Waals surface area contributed by atoms with E-state index in [0.29, 0.717) is 17.2 Å². The molecule has 1 aliphatic rings. The number of amides is 1. The van der Waals surface area contributed by atoms with Gasteiger partial charge in [-0.05, 0) is 63.1 Å². The van der Waals surface area contributed by atoms with Crippen molar-refractivity contribution in [2.24, 2.45) is 0 Å². The van der Waals surface area contributed by atoms with Crippen molar-refractivity contribution in [3.8, 4) is 17.0 Å². The minimum absolute atomic E-state index is 0.141. The third kappa shape index (κ3) is 3.54. The number of carbonyl (C=O) groups excluding carboxylic acids is 1. The summed E-state index contributed by atoms with van der Waals surface area (Å²) in [7, 11) is 0. The standard InChI is InChI=1S/C22H25N3O3/c1-14(2)25-19(15-6-3-4-7-15)13-18(24-25)17-12-16(9-10-20(17)26)23-22(27)21-8-5-11-28-21/h5,8-15,26H,3-4,6-7H2,1-2H3,(H,23,27). The van der Waals surface area contributed by atoms with E-state index < -0.39 is 0 Å². The van der Waals surface area contributed by atoms with E-state index in [1.54, 1.807) is 30.3 Å². The molecule has 6 nitrogen and oxygen atoms in total. The molecule has 2 heterocycles. The molecule has 1 fully saturated rings. The summed E-state index contributed by atoms with van der Waals surface area (Å²) in [6.45, 7) is 4.24. The molecule has 0 spiro atoms. The lowest BCUT2D eigenvalue weighted by Gasteiger charge is -2.15. The third-order valence-corrected chi connectivity index (χ3v) is 5.30. The molecule has 3 aromatic rings. The number of phenolic OH excluding ortho intramolecular Hbond substituents is 1. The fourth-order valence-electron chi connectivity index (χ4n) is 3.90. The molecule has 1 saturated carbocycles. The van der Waals surface area contributed by atoms with E-state index in [1.165, 1.54) is 37.6 Å². The quantitative estimate of drug-likeness (QED) is 0.586. The zero-order valence-corrected chi connectivity index (χ0v) is 16.2. The number of carbonyl (C=O) groups is 1. The van der Waals surface area contributed by atoms with Crippen LogP contribution in [-0.2, 0) is 0 Å². The highest BCUT2D eigenvalue weighted by molar-refractivity contribution is 6.02. The molecule has 1 amide bonds. The molecule has 28 heavy (non-hydrogen) atoms. The van der Waals surface area contributed by atoms with Crippen LogP contribution in [-0.4, -0.2) is 20.8 Å². The maximum Gasteiger partial charge on any atom is 0.291 e. The first-order chi connectivity index (χ1) is 13.5. The number of furan rings is 1. The van der Waals surface area contributed by atoms with Crippen molar-refractivity contribution in [1.29, 1.82) is 0 Å². The molecule has 0 aliphatic heterocycles. The molecular weight excluding hydrogens is 354 g/mol. The smallest absolute Gasteiger partial charge is 0.291 e. The van der Waals surface area contributed by atoms with Crippen molar-refractivity contribution in [2.45, 2.75) is 51.5 Å². The van der Waals surface area contributed by atoms with E-state index in [9.17, 15) is 9.90 Å². The molecule has 0 unspecified atom stereocenters. The van der Waals surface area contributed by atoms with Gasteiger partial charge in [0, 0.05) is 28.9 Å². The summed E-state index contributed by atoms with van der Waals surface area (Å²) in [5.74, 6) is 0.568. The van der Waals surface area contributed by atoms with Gasteiger partial charge in [-0.2, -0.15) is 5.10 Å². The maximum absolute atomic E-state index is 12.2. The van der Waals surface area contributed by atoms with Crippen LogP contribution in [0.5, 0.6) is 5.75 Å². The Kier molecular flexibility index (Phi) is 4.94. The second-order valence-corrected chi connectivity index (χ2v) is 7.64. The van der Waals surface area contributed by atoms with Crippen LogP contribution in [0, 0.1) is 0 Å². The summed E-state index contributed by atoms with van der Waals surface area (Å²) < 4.78 is 7.20. The first-order valence-electron chi connectivity index (χ1n) is 9.80. The van der Waals surface area contributed by atoms with Crippen molar-refractivity contribution < 1.29 is 14.3 Å². The number of anilines is 1. The third-order valence-electron chi connectivity index (χ3n) is 5.30. The van der Waals surface area contributed by atoms with Gasteiger partial charge in [0.15, 0.2) is 5.76 Å². The fraction of sp³-hybridized carbons (Fsp3) is 0.364. The van der Waals surface area contributed by atoms with Crippen LogP contribution in [0.2, 0.25) is 0 Å². The van der Waals surface area contributed by atoms with E-state index in [1.807, 2.05) is 0 Å². The van der Waals surface area contributed by atoms with Gasteiger partial charge in [-0.15, -0.1) is 0 Å². The van der Waals surface area contributed by atoms with Gasteiger partial charge in [-0.3, -0.25) is 9.48 Å². The Morgan fingerprint density at radius 1 is 1.25 bits per heavy atom. The maximum atomic E-state index is 12.2. The monoisotopic (exact) mass is 379 g/mol. The van der Waals surface area contributed by atoms with Gasteiger partial charge in [0.2, 0.25) is 0 Å². The molecule has 146 valence electrons. The van der Waals surface area contributed by atoms with E-state index in [4.69, 9.17) is 9.52 Å². The highest BCUT2D eigenvalue weighted by atomic mass is 16.3. The first kappa shape index (κ1) is 18.3. The zero-order chi connectivity index (χ0) is 19.7. The Labute approximate surface area is 164 Å². The van der Waals surface area contributed by atoms with Crippen LogP contribution in [0.3, 0.4) is 0 Å². The predicted octanol–water partition coefficient (Wildman–Crippen LogP) is 5.34. The second-order valence-electron chi connectivity index (χ2n) is 7.64. The molecule has 0 radical (unpaired) electrons. The van der Waals surface area contributed by atoms with Crippen molar-refractivity contribution in [2.75, 3.05) is 5.32 Å². The largest absolute Gasteiger partial charge is 0.507 e. The van der Waals surface area contributed by atoms with Gasteiger partial charge in [0.05, 0.1) is 12.0 Å². The number of nitrogens with one attached hydrogen (secondary N) is 1. The van der Waals surface area contributed by atoms with Gasteiger partial charge < -0.3 is 14.8 Å². The molecule has 0 atom stereocenters. The summed E-state index contributed by atoms with van der Waals surface area (Å²) in [6.07, 6.45) is 6.33. The van der Waals surface area contributed by atoms with Crippen molar-refractivity contribution >= 4 is 11.6 Å². The fourth-order valence-corrected chi connectivity index (χ4v) is 3.90. The minimum atomic E-state index is -0.332. The molecule has 0 bridgehead atoms. The molecule has 4 rings (SSSR count). The summed E-state index contributed by atoms with van der Waals surface area (Å²) in [4.78, 5) is 12.2. The number of hydrogen-bond acceptors (Lipinski definition) is 4. The Hall–Kier alpha value is -3.02. The highest BCUT2D eigenvalue weighted by Gasteiger charge is 2.24. The first-order valence-corrected chi connectivity index (χ1v) is 9.80. The average Bonchev–Trinajstić information content (AvgIpc) is 3.43. The molecule has 6 heteroatoms. The number of rotatable bonds is 5. The summed E-state index contributed by atoms with van der Waals surface area (Å²) in [6, 6.07) is 10.6. The Bertz CT molecular complexity index is 967. The van der Waals surface area contributed by atoms with Gasteiger partial charge in [-0.1, -0.05) is 12.8 Å². The van der Waals surface area contributed by atoms with Crippen LogP contribution in [0.1, 0.15) is 67.7 Å². The average molecular weight is 379 g/mol. The lowest BCUT2D eigenvalue weighted by Crippen LogP contribution is -2.10. The lowest BCUT2D eigenvalue weighted by molar-refractivity contribution is 0.0996. The number of aromatic hydroxyl groups is 1. The second kappa shape index (κ2) is 7.54. The number of phenols is 1.